The van der Waals surface area contributed by atoms with E-state index in [-0.39, 0.29) is 18.0 Å². The Labute approximate surface area is 185 Å². The average molecular weight is 438 g/mol. The van der Waals surface area contributed by atoms with E-state index in [1.165, 1.54) is 6.07 Å². The highest BCUT2D eigenvalue weighted by molar-refractivity contribution is 5.83. The molecule has 2 aromatic carbocycles. The summed E-state index contributed by atoms with van der Waals surface area (Å²) in [7, 11) is 0. The van der Waals surface area contributed by atoms with E-state index in [0.29, 0.717) is 36.7 Å². The molecule has 5 rings (SSSR count). The summed E-state index contributed by atoms with van der Waals surface area (Å²) < 4.78 is 25.3. The lowest BCUT2D eigenvalue weighted by atomic mass is 10.1. The van der Waals surface area contributed by atoms with Crippen LogP contribution >= 0.6 is 0 Å². The predicted octanol–water partition coefficient (Wildman–Crippen LogP) is 2.98. The van der Waals surface area contributed by atoms with Crippen LogP contribution in [0, 0.1) is 5.82 Å². The number of piperazine rings is 1. The molecule has 2 heterocycles. The monoisotopic (exact) mass is 438 g/mol. The van der Waals surface area contributed by atoms with Gasteiger partial charge in [0.05, 0.1) is 5.69 Å². The lowest BCUT2D eigenvalue weighted by Crippen LogP contribution is -2.49. The molecule has 32 heavy (non-hydrogen) atoms. The van der Waals surface area contributed by atoms with Gasteiger partial charge >= 0.3 is 5.63 Å². The SMILES string of the molecule is O=c1oc2cc(OC[C@H](O)CN3CCN(c4ccccc4F)CC3)ccc2c2c1CCC2. The molecule has 0 spiro atoms. The van der Waals surface area contributed by atoms with Gasteiger partial charge in [0.15, 0.2) is 0 Å². The van der Waals surface area contributed by atoms with E-state index >= 15 is 0 Å². The van der Waals surface area contributed by atoms with Gasteiger partial charge in [0, 0.05) is 49.7 Å². The molecule has 2 aliphatic rings. The highest BCUT2D eigenvalue weighted by Gasteiger charge is 2.22. The number of aliphatic hydroxyl groups is 1. The van der Waals surface area contributed by atoms with Crippen LogP contribution in [0.2, 0.25) is 0 Å². The van der Waals surface area contributed by atoms with E-state index in [9.17, 15) is 14.3 Å². The molecular formula is C25H27FN2O4. The number of fused-ring (bicyclic) bond motifs is 3. The topological polar surface area (TPSA) is 66.2 Å². The van der Waals surface area contributed by atoms with Gasteiger partial charge in [-0.25, -0.2) is 9.18 Å². The van der Waals surface area contributed by atoms with Crippen molar-refractivity contribution in [2.45, 2.75) is 25.4 Å². The Hall–Kier alpha value is -2.90. The minimum atomic E-state index is -0.655. The van der Waals surface area contributed by atoms with Crippen molar-refractivity contribution in [1.29, 1.82) is 0 Å². The number of rotatable bonds is 6. The molecule has 1 fully saturated rings. The molecular weight excluding hydrogens is 411 g/mol. The fourth-order valence-corrected chi connectivity index (χ4v) is 4.78. The molecule has 0 bridgehead atoms. The summed E-state index contributed by atoms with van der Waals surface area (Å²) in [4.78, 5) is 16.4. The van der Waals surface area contributed by atoms with Crippen molar-refractivity contribution in [1.82, 2.24) is 4.90 Å². The predicted molar refractivity (Wildman–Crippen MR) is 121 cm³/mol. The highest BCUT2D eigenvalue weighted by Crippen LogP contribution is 2.29. The zero-order valence-corrected chi connectivity index (χ0v) is 17.9. The van der Waals surface area contributed by atoms with Gasteiger partial charge in [0.1, 0.15) is 29.9 Å². The highest BCUT2D eigenvalue weighted by atomic mass is 19.1. The molecule has 3 aromatic rings. The summed E-state index contributed by atoms with van der Waals surface area (Å²) in [6, 6.07) is 12.3. The fraction of sp³-hybridized carbons (Fsp3) is 0.400. The third-order valence-corrected chi connectivity index (χ3v) is 6.42. The quantitative estimate of drug-likeness (QED) is 0.597. The molecule has 1 aromatic heterocycles. The second-order valence-corrected chi connectivity index (χ2v) is 8.56. The van der Waals surface area contributed by atoms with E-state index in [0.717, 1.165) is 48.9 Å². The van der Waals surface area contributed by atoms with Crippen LogP contribution in [0.3, 0.4) is 0 Å². The molecule has 0 saturated carbocycles. The first-order chi connectivity index (χ1) is 15.6. The average Bonchev–Trinajstić information content (AvgIpc) is 3.30. The van der Waals surface area contributed by atoms with Crippen molar-refractivity contribution in [2.24, 2.45) is 0 Å². The Bertz CT molecular complexity index is 1170. The zero-order valence-electron chi connectivity index (χ0n) is 17.9. The summed E-state index contributed by atoms with van der Waals surface area (Å²) >= 11 is 0. The van der Waals surface area contributed by atoms with Gasteiger partial charge in [-0.15, -0.1) is 0 Å². The van der Waals surface area contributed by atoms with Gasteiger partial charge in [-0.2, -0.15) is 0 Å². The summed E-state index contributed by atoms with van der Waals surface area (Å²) in [5.41, 5.74) is 2.81. The van der Waals surface area contributed by atoms with Crippen molar-refractivity contribution in [3.63, 3.8) is 0 Å². The Kier molecular flexibility index (Phi) is 5.85. The van der Waals surface area contributed by atoms with Gasteiger partial charge in [-0.3, -0.25) is 4.90 Å². The fourth-order valence-electron chi connectivity index (χ4n) is 4.78. The summed E-state index contributed by atoms with van der Waals surface area (Å²) in [5.74, 6) is 0.368. The van der Waals surface area contributed by atoms with Crippen molar-refractivity contribution in [3.8, 4) is 5.75 Å². The van der Waals surface area contributed by atoms with Crippen LogP contribution in [-0.2, 0) is 12.8 Å². The van der Waals surface area contributed by atoms with Crippen LogP contribution < -0.4 is 15.3 Å². The molecule has 0 radical (unpaired) electrons. The Balaban J connectivity index is 1.15. The van der Waals surface area contributed by atoms with Gasteiger partial charge in [0.2, 0.25) is 0 Å². The van der Waals surface area contributed by atoms with E-state index in [2.05, 4.69) is 4.90 Å². The van der Waals surface area contributed by atoms with E-state index in [1.807, 2.05) is 23.1 Å². The number of ether oxygens (including phenoxy) is 1. The van der Waals surface area contributed by atoms with Gasteiger partial charge in [-0.05, 0) is 49.1 Å². The molecule has 0 unspecified atom stereocenters. The van der Waals surface area contributed by atoms with Crippen molar-refractivity contribution in [2.75, 3.05) is 44.2 Å². The maximum Gasteiger partial charge on any atom is 0.339 e. The lowest BCUT2D eigenvalue weighted by molar-refractivity contribution is 0.0663. The van der Waals surface area contributed by atoms with Crippen LogP contribution in [0.15, 0.2) is 51.7 Å². The molecule has 1 aliphatic carbocycles. The number of para-hydroxylation sites is 1. The van der Waals surface area contributed by atoms with Crippen LogP contribution in [0.4, 0.5) is 10.1 Å². The molecule has 0 amide bonds. The second kappa shape index (κ2) is 8.92. The first-order valence-corrected chi connectivity index (χ1v) is 11.2. The maximum absolute atomic E-state index is 14.0. The van der Waals surface area contributed by atoms with E-state index in [4.69, 9.17) is 9.15 Å². The summed E-state index contributed by atoms with van der Waals surface area (Å²) in [6.45, 7) is 3.55. The van der Waals surface area contributed by atoms with E-state index in [1.54, 1.807) is 18.2 Å². The van der Waals surface area contributed by atoms with E-state index < -0.39 is 6.10 Å². The largest absolute Gasteiger partial charge is 0.491 e. The second-order valence-electron chi connectivity index (χ2n) is 8.56. The third-order valence-electron chi connectivity index (χ3n) is 6.42. The number of nitrogens with zero attached hydrogens (tertiary/aromatic N) is 2. The third kappa shape index (κ3) is 4.23. The number of anilines is 1. The normalized spacial score (nSPS) is 17.5. The molecule has 168 valence electrons. The number of benzene rings is 2. The molecule has 1 N–H and O–H groups in total. The molecule has 6 nitrogen and oxygen atoms in total. The standard InChI is InChI=1S/C25H27FN2O4/c26-22-6-1-2-7-23(22)28-12-10-27(11-13-28)15-17(29)16-31-18-8-9-20-19-4-3-5-21(19)25(30)32-24(20)14-18/h1-2,6-9,14,17,29H,3-5,10-13,15-16H2/t17-/m1/s1. The number of aryl methyl sites for hydroxylation is 1. The number of aliphatic hydroxyl groups excluding tert-OH is 1. The van der Waals surface area contributed by atoms with Gasteiger partial charge < -0.3 is 19.2 Å². The van der Waals surface area contributed by atoms with Gasteiger partial charge in [0.25, 0.3) is 0 Å². The van der Waals surface area contributed by atoms with Crippen molar-refractivity contribution >= 4 is 16.7 Å². The number of hydrogen-bond donors (Lipinski definition) is 1. The van der Waals surface area contributed by atoms with Crippen LogP contribution in [0.25, 0.3) is 11.0 Å². The minimum absolute atomic E-state index is 0.147. The number of β-amino-alcohol motifs (C(OH)–C–C–N with tert-alkyl or cyclic N) is 1. The molecule has 1 saturated heterocycles. The maximum atomic E-state index is 14.0. The number of halogens is 1. The summed E-state index contributed by atoms with van der Waals surface area (Å²) in [6.07, 6.45) is 2.02. The van der Waals surface area contributed by atoms with Crippen LogP contribution in [0.1, 0.15) is 17.5 Å². The lowest BCUT2D eigenvalue weighted by Gasteiger charge is -2.36. The molecule has 7 heteroatoms. The Morgan fingerprint density at radius 1 is 1.06 bits per heavy atom. The van der Waals surface area contributed by atoms with Crippen molar-refractivity contribution < 1.29 is 18.7 Å². The van der Waals surface area contributed by atoms with Crippen LogP contribution in [-0.4, -0.2) is 55.4 Å². The van der Waals surface area contributed by atoms with Crippen molar-refractivity contribution in [3.05, 3.63) is 69.8 Å². The zero-order chi connectivity index (χ0) is 22.1. The van der Waals surface area contributed by atoms with Crippen LogP contribution in [0.5, 0.6) is 5.75 Å². The first-order valence-electron chi connectivity index (χ1n) is 11.2. The first kappa shape index (κ1) is 21.0. The smallest absolute Gasteiger partial charge is 0.339 e. The van der Waals surface area contributed by atoms with Gasteiger partial charge in [-0.1, -0.05) is 12.1 Å². The Morgan fingerprint density at radius 2 is 1.84 bits per heavy atom. The molecule has 1 atom stereocenters. The minimum Gasteiger partial charge on any atom is -0.491 e. The number of hydrogen-bond acceptors (Lipinski definition) is 6. The summed E-state index contributed by atoms with van der Waals surface area (Å²) in [5, 5.41) is 11.4. The molecule has 1 aliphatic heterocycles. The Morgan fingerprint density at radius 3 is 2.66 bits per heavy atom.